The minimum atomic E-state index is -3.68. The molecule has 0 aliphatic heterocycles. The minimum Gasteiger partial charge on any atom is -0.283 e. The van der Waals surface area contributed by atoms with Crippen molar-refractivity contribution >= 4 is 21.2 Å². The van der Waals surface area contributed by atoms with Crippen LogP contribution in [-0.2, 0) is 15.8 Å². The van der Waals surface area contributed by atoms with E-state index >= 15 is 0 Å². The zero-order chi connectivity index (χ0) is 14.9. The predicted molar refractivity (Wildman–Crippen MR) is 77.8 cm³/mol. The fraction of sp³-hybridized carbons (Fsp3) is 0.0714. The molecule has 0 radical (unpaired) electrons. The molecule has 0 bridgehead atoms. The lowest BCUT2D eigenvalue weighted by Gasteiger charge is -2.09. The third-order valence-corrected chi connectivity index (χ3v) is 4.21. The summed E-state index contributed by atoms with van der Waals surface area (Å²) in [4.78, 5) is 0. The maximum absolute atomic E-state index is 13.5. The van der Waals surface area contributed by atoms with Crippen LogP contribution in [0.4, 0.5) is 10.1 Å². The van der Waals surface area contributed by atoms with Crippen LogP contribution in [0, 0.1) is 5.82 Å². The van der Waals surface area contributed by atoms with Gasteiger partial charge in [-0.15, -0.1) is 0 Å². The third kappa shape index (κ3) is 3.03. The number of aromatic nitrogens is 2. The Balaban J connectivity index is 1.84. The summed E-state index contributed by atoms with van der Waals surface area (Å²) in [5.41, 5.74) is 1.32. The molecular weight excluding hydrogens is 293 g/mol. The van der Waals surface area contributed by atoms with Crippen LogP contribution in [0.5, 0.6) is 0 Å². The van der Waals surface area contributed by atoms with Crippen molar-refractivity contribution in [3.63, 3.8) is 0 Å². The lowest BCUT2D eigenvalue weighted by molar-refractivity contribution is 0.591. The number of nitrogens with one attached hydrogen (secondary N) is 1. The Hall–Kier alpha value is -2.41. The summed E-state index contributed by atoms with van der Waals surface area (Å²) >= 11 is 0. The van der Waals surface area contributed by atoms with E-state index in [9.17, 15) is 12.8 Å². The molecule has 5 nitrogen and oxygen atoms in total. The molecule has 2 aromatic heterocycles. The monoisotopic (exact) mass is 305 g/mol. The average Bonchev–Trinajstić information content (AvgIpc) is 2.88. The molecule has 3 rings (SSSR count). The molecule has 0 atom stereocenters. The third-order valence-electron chi connectivity index (χ3n) is 2.98. The SMILES string of the molecule is O=S(=O)(Cc1ccccc1F)Nc1ccn2nccc2c1. The number of halogens is 1. The van der Waals surface area contributed by atoms with E-state index in [-0.39, 0.29) is 5.56 Å². The average molecular weight is 305 g/mol. The van der Waals surface area contributed by atoms with Crippen molar-refractivity contribution in [2.75, 3.05) is 4.72 Å². The summed E-state index contributed by atoms with van der Waals surface area (Å²) in [5, 5.41) is 4.03. The van der Waals surface area contributed by atoms with Gasteiger partial charge in [-0.1, -0.05) is 18.2 Å². The maximum atomic E-state index is 13.5. The number of pyridine rings is 1. The Bertz CT molecular complexity index is 890. The summed E-state index contributed by atoms with van der Waals surface area (Å²) in [6.45, 7) is 0. The summed E-state index contributed by atoms with van der Waals surface area (Å²) in [7, 11) is -3.68. The molecule has 0 saturated heterocycles. The Labute approximate surface area is 121 Å². The van der Waals surface area contributed by atoms with E-state index in [2.05, 4.69) is 9.82 Å². The molecule has 108 valence electrons. The quantitative estimate of drug-likeness (QED) is 0.805. The molecule has 7 heteroatoms. The van der Waals surface area contributed by atoms with Gasteiger partial charge < -0.3 is 0 Å². The Morgan fingerprint density at radius 2 is 2.00 bits per heavy atom. The van der Waals surface area contributed by atoms with Crippen molar-refractivity contribution in [1.82, 2.24) is 9.61 Å². The van der Waals surface area contributed by atoms with Gasteiger partial charge in [0.05, 0.1) is 17.0 Å². The van der Waals surface area contributed by atoms with Crippen molar-refractivity contribution < 1.29 is 12.8 Å². The zero-order valence-corrected chi connectivity index (χ0v) is 11.7. The van der Waals surface area contributed by atoms with Gasteiger partial charge in [-0.3, -0.25) is 4.72 Å². The molecule has 0 saturated carbocycles. The highest BCUT2D eigenvalue weighted by atomic mass is 32.2. The molecule has 0 amide bonds. The number of sulfonamides is 1. The lowest BCUT2D eigenvalue weighted by Crippen LogP contribution is -2.16. The Morgan fingerprint density at radius 3 is 2.81 bits per heavy atom. The van der Waals surface area contributed by atoms with Crippen LogP contribution in [0.1, 0.15) is 5.56 Å². The maximum Gasteiger partial charge on any atom is 0.237 e. The minimum absolute atomic E-state index is 0.135. The first-order valence-corrected chi connectivity index (χ1v) is 7.86. The van der Waals surface area contributed by atoms with Gasteiger partial charge >= 0.3 is 0 Å². The molecule has 2 heterocycles. The van der Waals surface area contributed by atoms with E-state index in [0.29, 0.717) is 5.69 Å². The van der Waals surface area contributed by atoms with Gasteiger partial charge in [-0.05, 0) is 24.3 Å². The predicted octanol–water partition coefficient (Wildman–Crippen LogP) is 2.42. The van der Waals surface area contributed by atoms with Crippen molar-refractivity contribution in [1.29, 1.82) is 0 Å². The second-order valence-electron chi connectivity index (χ2n) is 4.57. The van der Waals surface area contributed by atoms with Gasteiger partial charge in [0.2, 0.25) is 10.0 Å². The highest BCUT2D eigenvalue weighted by Gasteiger charge is 2.14. The molecule has 0 fully saturated rings. The molecule has 3 aromatic rings. The highest BCUT2D eigenvalue weighted by Crippen LogP contribution is 2.16. The summed E-state index contributed by atoms with van der Waals surface area (Å²) in [5.74, 6) is -0.946. The Kier molecular flexibility index (Phi) is 3.34. The van der Waals surface area contributed by atoms with Gasteiger partial charge in [0.1, 0.15) is 5.82 Å². The second-order valence-corrected chi connectivity index (χ2v) is 6.29. The summed E-state index contributed by atoms with van der Waals surface area (Å²) in [6.07, 6.45) is 3.27. The van der Waals surface area contributed by atoms with Crippen LogP contribution in [0.25, 0.3) is 5.52 Å². The van der Waals surface area contributed by atoms with Gasteiger partial charge in [-0.2, -0.15) is 5.10 Å². The molecule has 0 aliphatic rings. The largest absolute Gasteiger partial charge is 0.283 e. The number of nitrogens with zero attached hydrogens (tertiary/aromatic N) is 2. The van der Waals surface area contributed by atoms with E-state index < -0.39 is 21.6 Å². The Morgan fingerprint density at radius 1 is 1.19 bits per heavy atom. The highest BCUT2D eigenvalue weighted by molar-refractivity contribution is 7.91. The molecule has 1 N–H and O–H groups in total. The van der Waals surface area contributed by atoms with Crippen LogP contribution in [0.2, 0.25) is 0 Å². The number of fused-ring (bicyclic) bond motifs is 1. The van der Waals surface area contributed by atoms with Crippen LogP contribution < -0.4 is 4.72 Å². The molecule has 0 aliphatic carbocycles. The molecule has 0 spiro atoms. The molecule has 21 heavy (non-hydrogen) atoms. The first kappa shape index (κ1) is 13.6. The number of benzene rings is 1. The number of anilines is 1. The molecule has 1 aromatic carbocycles. The normalized spacial score (nSPS) is 11.7. The smallest absolute Gasteiger partial charge is 0.237 e. The fourth-order valence-corrected chi connectivity index (χ4v) is 3.22. The van der Waals surface area contributed by atoms with E-state index in [1.807, 2.05) is 0 Å². The summed E-state index contributed by atoms with van der Waals surface area (Å²) in [6, 6.07) is 10.8. The first-order valence-electron chi connectivity index (χ1n) is 6.21. The fourth-order valence-electron chi connectivity index (χ4n) is 2.02. The van der Waals surface area contributed by atoms with Crippen LogP contribution in [0.15, 0.2) is 54.9 Å². The molecule has 0 unspecified atom stereocenters. The van der Waals surface area contributed by atoms with Crippen LogP contribution in [0.3, 0.4) is 0 Å². The van der Waals surface area contributed by atoms with Gasteiger partial charge in [0, 0.05) is 18.0 Å². The van der Waals surface area contributed by atoms with Crippen molar-refractivity contribution in [3.8, 4) is 0 Å². The van der Waals surface area contributed by atoms with E-state index in [1.54, 1.807) is 41.2 Å². The summed E-state index contributed by atoms with van der Waals surface area (Å²) < 4.78 is 41.8. The second kappa shape index (κ2) is 5.17. The van der Waals surface area contributed by atoms with E-state index in [4.69, 9.17) is 0 Å². The van der Waals surface area contributed by atoms with Crippen molar-refractivity contribution in [3.05, 3.63) is 66.2 Å². The van der Waals surface area contributed by atoms with Crippen molar-refractivity contribution in [2.45, 2.75) is 5.75 Å². The number of rotatable bonds is 4. The zero-order valence-electron chi connectivity index (χ0n) is 10.9. The number of hydrogen-bond acceptors (Lipinski definition) is 3. The van der Waals surface area contributed by atoms with E-state index in [0.717, 1.165) is 5.52 Å². The van der Waals surface area contributed by atoms with E-state index in [1.165, 1.54) is 18.2 Å². The first-order chi connectivity index (χ1) is 10.0. The molecular formula is C14H12FN3O2S. The van der Waals surface area contributed by atoms with Crippen LogP contribution in [-0.4, -0.2) is 18.0 Å². The number of hydrogen-bond donors (Lipinski definition) is 1. The van der Waals surface area contributed by atoms with Gasteiger partial charge in [0.25, 0.3) is 0 Å². The van der Waals surface area contributed by atoms with Gasteiger partial charge in [-0.25, -0.2) is 17.3 Å². The van der Waals surface area contributed by atoms with Crippen molar-refractivity contribution in [2.24, 2.45) is 0 Å². The lowest BCUT2D eigenvalue weighted by atomic mass is 10.2. The topological polar surface area (TPSA) is 63.5 Å². The standard InChI is InChI=1S/C14H12FN3O2S/c15-14-4-2-1-3-11(14)10-21(19,20)17-12-6-8-18-13(9-12)5-7-16-18/h1-9,17H,10H2. The van der Waals surface area contributed by atoms with Crippen LogP contribution >= 0.6 is 0 Å². The van der Waals surface area contributed by atoms with Gasteiger partial charge in [0.15, 0.2) is 0 Å².